The minimum Gasteiger partial charge on any atom is -0.392 e. The van der Waals surface area contributed by atoms with E-state index in [9.17, 15) is 4.39 Å². The molecular formula is C14H20FNO. The number of aliphatic hydroxyl groups is 1. The molecule has 1 aromatic rings. The summed E-state index contributed by atoms with van der Waals surface area (Å²) in [6, 6.07) is 4.82. The molecule has 0 atom stereocenters. The quantitative estimate of drug-likeness (QED) is 0.855. The molecule has 0 amide bonds. The number of hydrogen-bond acceptors (Lipinski definition) is 2. The number of aliphatic hydroxyl groups excluding tert-OH is 1. The van der Waals surface area contributed by atoms with Crippen LogP contribution < -0.4 is 4.90 Å². The van der Waals surface area contributed by atoms with Crippen molar-refractivity contribution in [3.05, 3.63) is 29.6 Å². The van der Waals surface area contributed by atoms with Crippen LogP contribution in [0.1, 0.15) is 32.3 Å². The van der Waals surface area contributed by atoms with E-state index >= 15 is 0 Å². The van der Waals surface area contributed by atoms with Gasteiger partial charge >= 0.3 is 0 Å². The third kappa shape index (κ3) is 2.97. The van der Waals surface area contributed by atoms with Gasteiger partial charge in [0, 0.05) is 18.8 Å². The van der Waals surface area contributed by atoms with Crippen molar-refractivity contribution in [2.45, 2.75) is 33.3 Å². The van der Waals surface area contributed by atoms with Gasteiger partial charge in [-0.15, -0.1) is 0 Å². The Labute approximate surface area is 102 Å². The standard InChI is InChI=1S/C14H20FNO/c1-14(2)4-3-5-16(10-14)13-7-11(9-17)6-12(15)8-13/h6-8,17H,3-5,9-10H2,1-2H3. The van der Waals surface area contributed by atoms with Crippen molar-refractivity contribution >= 4 is 5.69 Å². The van der Waals surface area contributed by atoms with Gasteiger partial charge in [-0.3, -0.25) is 0 Å². The lowest BCUT2D eigenvalue weighted by Gasteiger charge is -2.39. The molecule has 0 spiro atoms. The van der Waals surface area contributed by atoms with Gasteiger partial charge in [0.25, 0.3) is 0 Å². The molecule has 1 aliphatic rings. The number of piperidine rings is 1. The fraction of sp³-hybridized carbons (Fsp3) is 0.571. The molecule has 0 unspecified atom stereocenters. The van der Waals surface area contributed by atoms with Gasteiger partial charge in [-0.1, -0.05) is 13.8 Å². The van der Waals surface area contributed by atoms with Crippen molar-refractivity contribution in [3.8, 4) is 0 Å². The minimum absolute atomic E-state index is 0.109. The summed E-state index contributed by atoms with van der Waals surface area (Å²) >= 11 is 0. The molecule has 2 rings (SSSR count). The van der Waals surface area contributed by atoms with Gasteiger partial charge in [0.15, 0.2) is 0 Å². The molecule has 0 bridgehead atoms. The highest BCUT2D eigenvalue weighted by molar-refractivity contribution is 5.49. The summed E-state index contributed by atoms with van der Waals surface area (Å²) in [6.07, 6.45) is 2.35. The van der Waals surface area contributed by atoms with Gasteiger partial charge in [0.05, 0.1) is 6.61 Å². The Hall–Kier alpha value is -1.09. The lowest BCUT2D eigenvalue weighted by Crippen LogP contribution is -2.40. The molecule has 1 aliphatic heterocycles. The van der Waals surface area contributed by atoms with Gasteiger partial charge in [-0.05, 0) is 42.0 Å². The highest BCUT2D eigenvalue weighted by atomic mass is 19.1. The Kier molecular flexibility index (Phi) is 3.38. The lowest BCUT2D eigenvalue weighted by molar-refractivity contribution is 0.280. The first-order chi connectivity index (χ1) is 8.00. The Bertz CT molecular complexity index is 403. The summed E-state index contributed by atoms with van der Waals surface area (Å²) in [6.45, 7) is 6.29. The van der Waals surface area contributed by atoms with Crippen LogP contribution in [0.5, 0.6) is 0 Å². The van der Waals surface area contributed by atoms with Gasteiger partial charge in [-0.25, -0.2) is 4.39 Å². The molecule has 1 saturated heterocycles. The second-order valence-corrected chi connectivity index (χ2v) is 5.67. The Morgan fingerprint density at radius 1 is 1.35 bits per heavy atom. The van der Waals surface area contributed by atoms with Crippen LogP contribution in [0.15, 0.2) is 18.2 Å². The largest absolute Gasteiger partial charge is 0.392 e. The van der Waals surface area contributed by atoms with Crippen LogP contribution in [-0.2, 0) is 6.61 Å². The van der Waals surface area contributed by atoms with Gasteiger partial charge < -0.3 is 10.0 Å². The summed E-state index contributed by atoms with van der Waals surface area (Å²) in [5.41, 5.74) is 1.81. The predicted octanol–water partition coefficient (Wildman–Crippen LogP) is 2.94. The molecule has 3 heteroatoms. The molecule has 0 saturated carbocycles. The molecule has 0 aliphatic carbocycles. The monoisotopic (exact) mass is 237 g/mol. The molecule has 1 fully saturated rings. The Balaban J connectivity index is 2.24. The van der Waals surface area contributed by atoms with Crippen LogP contribution >= 0.6 is 0 Å². The zero-order valence-electron chi connectivity index (χ0n) is 10.5. The highest BCUT2D eigenvalue weighted by Crippen LogP contribution is 2.32. The van der Waals surface area contributed by atoms with Crippen molar-refractivity contribution in [1.29, 1.82) is 0 Å². The molecule has 17 heavy (non-hydrogen) atoms. The van der Waals surface area contributed by atoms with Crippen molar-refractivity contribution in [2.75, 3.05) is 18.0 Å². The maximum atomic E-state index is 13.4. The average molecular weight is 237 g/mol. The number of anilines is 1. The van der Waals surface area contributed by atoms with E-state index < -0.39 is 0 Å². The Morgan fingerprint density at radius 2 is 2.12 bits per heavy atom. The first-order valence-corrected chi connectivity index (χ1v) is 6.15. The van der Waals surface area contributed by atoms with E-state index in [1.54, 1.807) is 6.07 Å². The Morgan fingerprint density at radius 3 is 2.76 bits per heavy atom. The van der Waals surface area contributed by atoms with E-state index in [1.165, 1.54) is 12.5 Å². The smallest absolute Gasteiger partial charge is 0.125 e. The van der Waals surface area contributed by atoms with Crippen LogP contribution in [-0.4, -0.2) is 18.2 Å². The maximum Gasteiger partial charge on any atom is 0.125 e. The first-order valence-electron chi connectivity index (χ1n) is 6.15. The SMILES string of the molecule is CC1(C)CCCN(c2cc(F)cc(CO)c2)C1. The molecule has 0 aromatic heterocycles. The average Bonchev–Trinajstić information content (AvgIpc) is 2.27. The number of rotatable bonds is 2. The molecule has 94 valence electrons. The number of nitrogens with zero attached hydrogens (tertiary/aromatic N) is 1. The van der Waals surface area contributed by atoms with Gasteiger partial charge in [0.1, 0.15) is 5.82 Å². The van der Waals surface area contributed by atoms with Crippen LogP contribution in [0.3, 0.4) is 0 Å². The maximum absolute atomic E-state index is 13.4. The van der Waals surface area contributed by atoms with E-state index in [0.717, 1.165) is 25.2 Å². The third-order valence-corrected chi connectivity index (χ3v) is 3.39. The fourth-order valence-corrected chi connectivity index (χ4v) is 2.55. The normalized spacial score (nSPS) is 19.4. The molecule has 2 nitrogen and oxygen atoms in total. The van der Waals surface area contributed by atoms with Crippen LogP contribution in [0.25, 0.3) is 0 Å². The van der Waals surface area contributed by atoms with Crippen LogP contribution in [0, 0.1) is 11.2 Å². The molecular weight excluding hydrogens is 217 g/mol. The van der Waals surface area contributed by atoms with Gasteiger partial charge in [-0.2, -0.15) is 0 Å². The predicted molar refractivity (Wildman–Crippen MR) is 67.6 cm³/mol. The second kappa shape index (κ2) is 4.65. The summed E-state index contributed by atoms with van der Waals surface area (Å²) in [5, 5.41) is 9.10. The minimum atomic E-state index is -0.269. The zero-order chi connectivity index (χ0) is 12.5. The third-order valence-electron chi connectivity index (χ3n) is 3.39. The molecule has 1 N–H and O–H groups in total. The topological polar surface area (TPSA) is 23.5 Å². The second-order valence-electron chi connectivity index (χ2n) is 5.67. The number of halogens is 1. The van der Waals surface area contributed by atoms with Crippen molar-refractivity contribution < 1.29 is 9.50 Å². The van der Waals surface area contributed by atoms with Crippen LogP contribution in [0.4, 0.5) is 10.1 Å². The number of benzene rings is 1. The van der Waals surface area contributed by atoms with E-state index in [2.05, 4.69) is 18.7 Å². The van der Waals surface area contributed by atoms with Gasteiger partial charge in [0.2, 0.25) is 0 Å². The summed E-state index contributed by atoms with van der Waals surface area (Å²) in [7, 11) is 0. The summed E-state index contributed by atoms with van der Waals surface area (Å²) < 4.78 is 13.4. The fourth-order valence-electron chi connectivity index (χ4n) is 2.55. The molecule has 1 heterocycles. The lowest BCUT2D eigenvalue weighted by atomic mass is 9.84. The summed E-state index contributed by atoms with van der Waals surface area (Å²) in [5.74, 6) is -0.269. The van der Waals surface area contributed by atoms with Crippen molar-refractivity contribution in [1.82, 2.24) is 0 Å². The van der Waals surface area contributed by atoms with Crippen LogP contribution in [0.2, 0.25) is 0 Å². The first kappa shape index (κ1) is 12.4. The highest BCUT2D eigenvalue weighted by Gasteiger charge is 2.26. The molecule has 0 radical (unpaired) electrons. The molecule has 1 aromatic carbocycles. The number of hydrogen-bond donors (Lipinski definition) is 1. The van der Waals surface area contributed by atoms with Crippen molar-refractivity contribution in [2.24, 2.45) is 5.41 Å². The van der Waals surface area contributed by atoms with E-state index in [4.69, 9.17) is 5.11 Å². The van der Waals surface area contributed by atoms with E-state index in [0.29, 0.717) is 5.56 Å². The van der Waals surface area contributed by atoms with Crippen molar-refractivity contribution in [3.63, 3.8) is 0 Å². The zero-order valence-corrected chi connectivity index (χ0v) is 10.5. The van der Waals surface area contributed by atoms with E-state index in [1.807, 2.05) is 6.07 Å². The van der Waals surface area contributed by atoms with E-state index in [-0.39, 0.29) is 17.8 Å². The summed E-state index contributed by atoms with van der Waals surface area (Å²) in [4.78, 5) is 2.21.